The number of hydrogen-bond acceptors (Lipinski definition) is 5. The standard InChI is InChI=1S/C20H23N3O3/c24-20(13-21-12-15-3-8-18-19(11-15)26-14-25-18)22-16-4-6-17(7-5-16)23-9-1-2-10-23/h3-8,11,21H,1-2,9-10,12-14H2,(H,22,24). The molecule has 2 aliphatic heterocycles. The molecule has 2 aliphatic rings. The second kappa shape index (κ2) is 7.66. The Labute approximate surface area is 153 Å². The van der Waals surface area contributed by atoms with Gasteiger partial charge in [0.05, 0.1) is 6.54 Å². The van der Waals surface area contributed by atoms with Gasteiger partial charge >= 0.3 is 0 Å². The van der Waals surface area contributed by atoms with Gasteiger partial charge in [0.1, 0.15) is 0 Å². The van der Waals surface area contributed by atoms with Gasteiger partial charge in [-0.3, -0.25) is 4.79 Å². The number of carbonyl (C=O) groups excluding carboxylic acids is 1. The van der Waals surface area contributed by atoms with Crippen molar-refractivity contribution >= 4 is 17.3 Å². The molecule has 2 aromatic carbocycles. The molecule has 0 radical (unpaired) electrons. The molecule has 1 amide bonds. The quantitative estimate of drug-likeness (QED) is 0.836. The molecule has 0 atom stereocenters. The third kappa shape index (κ3) is 3.91. The van der Waals surface area contributed by atoms with E-state index < -0.39 is 0 Å². The van der Waals surface area contributed by atoms with E-state index in [2.05, 4.69) is 27.7 Å². The minimum absolute atomic E-state index is 0.0559. The Morgan fingerprint density at radius 2 is 1.77 bits per heavy atom. The van der Waals surface area contributed by atoms with Crippen LogP contribution in [0.5, 0.6) is 11.5 Å². The number of carbonyl (C=O) groups is 1. The fourth-order valence-corrected chi connectivity index (χ4v) is 3.31. The van der Waals surface area contributed by atoms with Gasteiger partial charge < -0.3 is 25.0 Å². The molecule has 1 saturated heterocycles. The molecule has 0 bridgehead atoms. The maximum absolute atomic E-state index is 12.1. The monoisotopic (exact) mass is 353 g/mol. The van der Waals surface area contributed by atoms with Crippen LogP contribution in [-0.4, -0.2) is 32.3 Å². The predicted molar refractivity (Wildman–Crippen MR) is 101 cm³/mol. The van der Waals surface area contributed by atoms with Gasteiger partial charge in [0, 0.05) is 31.0 Å². The lowest BCUT2D eigenvalue weighted by Gasteiger charge is -2.17. The first-order valence-electron chi connectivity index (χ1n) is 9.02. The number of nitrogens with one attached hydrogen (secondary N) is 2. The second-order valence-corrected chi connectivity index (χ2v) is 6.58. The van der Waals surface area contributed by atoms with Crippen molar-refractivity contribution in [2.75, 3.05) is 36.6 Å². The van der Waals surface area contributed by atoms with Gasteiger partial charge in [-0.2, -0.15) is 0 Å². The second-order valence-electron chi connectivity index (χ2n) is 6.58. The highest BCUT2D eigenvalue weighted by molar-refractivity contribution is 5.92. The molecular formula is C20H23N3O3. The average Bonchev–Trinajstić information content (AvgIpc) is 3.34. The summed E-state index contributed by atoms with van der Waals surface area (Å²) in [6.45, 7) is 3.36. The molecule has 2 N–H and O–H groups in total. The van der Waals surface area contributed by atoms with E-state index in [0.29, 0.717) is 6.54 Å². The van der Waals surface area contributed by atoms with E-state index in [1.54, 1.807) is 0 Å². The summed E-state index contributed by atoms with van der Waals surface area (Å²) in [6, 6.07) is 13.9. The Morgan fingerprint density at radius 3 is 2.58 bits per heavy atom. The number of hydrogen-bond donors (Lipinski definition) is 2. The minimum Gasteiger partial charge on any atom is -0.454 e. The number of ether oxygens (including phenoxy) is 2. The highest BCUT2D eigenvalue weighted by Crippen LogP contribution is 2.32. The van der Waals surface area contributed by atoms with Gasteiger partial charge in [-0.15, -0.1) is 0 Å². The van der Waals surface area contributed by atoms with Crippen LogP contribution in [0, 0.1) is 0 Å². The normalized spacial score (nSPS) is 15.3. The molecular weight excluding hydrogens is 330 g/mol. The SMILES string of the molecule is O=C(CNCc1ccc2c(c1)OCO2)Nc1ccc(N2CCCC2)cc1. The van der Waals surface area contributed by atoms with Crippen LogP contribution in [0.25, 0.3) is 0 Å². The summed E-state index contributed by atoms with van der Waals surface area (Å²) in [7, 11) is 0. The zero-order valence-electron chi connectivity index (χ0n) is 14.7. The van der Waals surface area contributed by atoms with Gasteiger partial charge in [0.25, 0.3) is 0 Å². The van der Waals surface area contributed by atoms with Crippen molar-refractivity contribution < 1.29 is 14.3 Å². The Kier molecular flexibility index (Phi) is 4.93. The van der Waals surface area contributed by atoms with Crippen LogP contribution in [0.1, 0.15) is 18.4 Å². The summed E-state index contributed by atoms with van der Waals surface area (Å²) in [5.74, 6) is 1.47. The fraction of sp³-hybridized carbons (Fsp3) is 0.350. The van der Waals surface area contributed by atoms with Gasteiger partial charge in [0.15, 0.2) is 11.5 Å². The van der Waals surface area contributed by atoms with Crippen LogP contribution in [-0.2, 0) is 11.3 Å². The van der Waals surface area contributed by atoms with Crippen molar-refractivity contribution in [3.8, 4) is 11.5 Å². The van der Waals surface area contributed by atoms with E-state index in [4.69, 9.17) is 9.47 Å². The van der Waals surface area contributed by atoms with Crippen LogP contribution in [0.4, 0.5) is 11.4 Å². The predicted octanol–water partition coefficient (Wildman–Crippen LogP) is 2.74. The van der Waals surface area contributed by atoms with Gasteiger partial charge in [-0.05, 0) is 54.8 Å². The number of amides is 1. The highest BCUT2D eigenvalue weighted by Gasteiger charge is 2.14. The maximum Gasteiger partial charge on any atom is 0.238 e. The lowest BCUT2D eigenvalue weighted by Crippen LogP contribution is -2.27. The zero-order chi connectivity index (χ0) is 17.8. The van der Waals surface area contributed by atoms with Crippen LogP contribution in [0.3, 0.4) is 0 Å². The number of benzene rings is 2. The lowest BCUT2D eigenvalue weighted by atomic mass is 10.2. The zero-order valence-corrected chi connectivity index (χ0v) is 14.7. The summed E-state index contributed by atoms with van der Waals surface area (Å²) in [6.07, 6.45) is 2.51. The average molecular weight is 353 g/mol. The summed E-state index contributed by atoms with van der Waals surface area (Å²) >= 11 is 0. The van der Waals surface area contributed by atoms with Crippen molar-refractivity contribution in [2.45, 2.75) is 19.4 Å². The summed E-state index contributed by atoms with van der Waals surface area (Å²) in [5, 5.41) is 6.08. The first kappa shape index (κ1) is 16.7. The summed E-state index contributed by atoms with van der Waals surface area (Å²) < 4.78 is 10.7. The van der Waals surface area contributed by atoms with Gasteiger partial charge in [-0.25, -0.2) is 0 Å². The fourth-order valence-electron chi connectivity index (χ4n) is 3.31. The number of nitrogens with zero attached hydrogens (tertiary/aromatic N) is 1. The topological polar surface area (TPSA) is 62.8 Å². The largest absolute Gasteiger partial charge is 0.454 e. The highest BCUT2D eigenvalue weighted by atomic mass is 16.7. The van der Waals surface area contributed by atoms with Gasteiger partial charge in [-0.1, -0.05) is 6.07 Å². The molecule has 2 aromatic rings. The molecule has 0 saturated carbocycles. The number of fused-ring (bicyclic) bond motifs is 1. The third-order valence-electron chi connectivity index (χ3n) is 4.67. The Hall–Kier alpha value is -2.73. The first-order chi connectivity index (χ1) is 12.8. The Bertz CT molecular complexity index is 770. The van der Waals surface area contributed by atoms with Crippen LogP contribution >= 0.6 is 0 Å². The van der Waals surface area contributed by atoms with Crippen LogP contribution < -0.4 is 25.0 Å². The van der Waals surface area contributed by atoms with E-state index in [0.717, 1.165) is 35.8 Å². The molecule has 26 heavy (non-hydrogen) atoms. The summed E-state index contributed by atoms with van der Waals surface area (Å²) in [4.78, 5) is 14.5. The molecule has 0 unspecified atom stereocenters. The van der Waals surface area contributed by atoms with Crippen molar-refractivity contribution in [1.29, 1.82) is 0 Å². The molecule has 6 nitrogen and oxygen atoms in total. The lowest BCUT2D eigenvalue weighted by molar-refractivity contribution is -0.115. The summed E-state index contributed by atoms with van der Waals surface area (Å²) in [5.41, 5.74) is 3.10. The van der Waals surface area contributed by atoms with Crippen LogP contribution in [0.15, 0.2) is 42.5 Å². The molecule has 0 aromatic heterocycles. The van der Waals surface area contributed by atoms with E-state index >= 15 is 0 Å². The third-order valence-corrected chi connectivity index (χ3v) is 4.67. The maximum atomic E-state index is 12.1. The Balaban J connectivity index is 1.23. The molecule has 0 aliphatic carbocycles. The van der Waals surface area contributed by atoms with E-state index in [-0.39, 0.29) is 19.2 Å². The van der Waals surface area contributed by atoms with Crippen molar-refractivity contribution in [3.63, 3.8) is 0 Å². The Morgan fingerprint density at radius 1 is 1.00 bits per heavy atom. The molecule has 1 fully saturated rings. The molecule has 2 heterocycles. The van der Waals surface area contributed by atoms with Gasteiger partial charge in [0.2, 0.25) is 12.7 Å². The van der Waals surface area contributed by atoms with Crippen LogP contribution in [0.2, 0.25) is 0 Å². The molecule has 6 heteroatoms. The molecule has 4 rings (SSSR count). The first-order valence-corrected chi connectivity index (χ1v) is 9.02. The number of rotatable bonds is 6. The van der Waals surface area contributed by atoms with Crippen molar-refractivity contribution in [2.24, 2.45) is 0 Å². The van der Waals surface area contributed by atoms with Crippen molar-refractivity contribution in [3.05, 3.63) is 48.0 Å². The van der Waals surface area contributed by atoms with Crippen molar-refractivity contribution in [1.82, 2.24) is 5.32 Å². The number of anilines is 2. The smallest absolute Gasteiger partial charge is 0.238 e. The molecule has 136 valence electrons. The molecule has 0 spiro atoms. The minimum atomic E-state index is -0.0559. The van der Waals surface area contributed by atoms with E-state index in [1.165, 1.54) is 18.5 Å². The van der Waals surface area contributed by atoms with E-state index in [1.807, 2.05) is 30.3 Å². The van der Waals surface area contributed by atoms with E-state index in [9.17, 15) is 4.79 Å².